The van der Waals surface area contributed by atoms with Crippen LogP contribution in [0.2, 0.25) is 0 Å². The smallest absolute Gasteiger partial charge is 0.266 e. The van der Waals surface area contributed by atoms with E-state index in [0.29, 0.717) is 22.3 Å². The molecule has 3 heterocycles. The van der Waals surface area contributed by atoms with Crippen molar-refractivity contribution in [2.45, 2.75) is 32.0 Å². The fraction of sp³-hybridized carbons (Fsp3) is 0.296. The summed E-state index contributed by atoms with van der Waals surface area (Å²) in [6.07, 6.45) is 5.88. The molecule has 2 aromatic carbocycles. The van der Waals surface area contributed by atoms with Crippen molar-refractivity contribution in [2.75, 3.05) is 20.3 Å². The van der Waals surface area contributed by atoms with Gasteiger partial charge in [0.25, 0.3) is 5.91 Å². The minimum Gasteiger partial charge on any atom is -0.497 e. The van der Waals surface area contributed by atoms with Crippen molar-refractivity contribution in [2.24, 2.45) is 0 Å². The van der Waals surface area contributed by atoms with Crippen LogP contribution in [-0.4, -0.2) is 52.0 Å². The fourth-order valence-electron chi connectivity index (χ4n) is 4.48. The number of halogens is 1. The van der Waals surface area contributed by atoms with E-state index in [2.05, 4.69) is 21.2 Å². The molecule has 37 heavy (non-hydrogen) atoms. The summed E-state index contributed by atoms with van der Waals surface area (Å²) in [5, 5.41) is 3.93. The second-order valence-corrected chi connectivity index (χ2v) is 11.5. The van der Waals surface area contributed by atoms with Gasteiger partial charge < -0.3 is 19.4 Å². The minimum absolute atomic E-state index is 0.0762. The van der Waals surface area contributed by atoms with E-state index >= 15 is 0 Å². The van der Waals surface area contributed by atoms with Gasteiger partial charge in [-0.1, -0.05) is 52.0 Å². The third kappa shape index (κ3) is 5.93. The van der Waals surface area contributed by atoms with Gasteiger partial charge in [-0.05, 0) is 54.8 Å². The maximum atomic E-state index is 13.3. The van der Waals surface area contributed by atoms with Gasteiger partial charge in [0, 0.05) is 40.3 Å². The van der Waals surface area contributed by atoms with E-state index in [1.54, 1.807) is 12.0 Å². The quantitative estimate of drug-likeness (QED) is 0.286. The number of benzene rings is 2. The maximum Gasteiger partial charge on any atom is 0.266 e. The average Bonchev–Trinajstić information content (AvgIpc) is 3.59. The standard InChI is InChI=1S/C27H26BrN3O4S2/c1-34-20-7-4-17(5-8-20)14-31-26(33)24(37-27(31)36)11-18-15-30(23-9-6-19(28)12-22(18)23)16-25(32)29-13-21-3-2-10-35-21/h4-9,11-12,15,21H,2-3,10,13-14,16H2,1H3,(H,29,32)/b24-11-/t21-/m0/s1. The summed E-state index contributed by atoms with van der Waals surface area (Å²) in [4.78, 5) is 28.1. The lowest BCUT2D eigenvalue weighted by atomic mass is 10.1. The normalized spacial score (nSPS) is 18.8. The number of hydrogen-bond donors (Lipinski definition) is 1. The van der Waals surface area contributed by atoms with E-state index < -0.39 is 0 Å². The molecule has 0 saturated carbocycles. The number of hydrogen-bond acceptors (Lipinski definition) is 6. The third-order valence-corrected chi connectivity index (χ3v) is 8.27. The summed E-state index contributed by atoms with van der Waals surface area (Å²) < 4.78 is 14.2. The first-order chi connectivity index (χ1) is 17.9. The number of amides is 2. The Hall–Kier alpha value is -2.66. The van der Waals surface area contributed by atoms with Crippen LogP contribution in [0, 0.1) is 0 Å². The summed E-state index contributed by atoms with van der Waals surface area (Å²) in [7, 11) is 1.62. The van der Waals surface area contributed by atoms with Gasteiger partial charge in [0.1, 0.15) is 16.6 Å². The van der Waals surface area contributed by atoms with E-state index in [1.807, 2.05) is 59.3 Å². The predicted molar refractivity (Wildman–Crippen MR) is 153 cm³/mol. The second-order valence-electron chi connectivity index (χ2n) is 8.93. The van der Waals surface area contributed by atoms with Crippen molar-refractivity contribution in [1.29, 1.82) is 0 Å². The van der Waals surface area contributed by atoms with Crippen LogP contribution in [0.1, 0.15) is 24.0 Å². The van der Waals surface area contributed by atoms with E-state index in [-0.39, 0.29) is 24.5 Å². The minimum atomic E-state index is -0.129. The molecule has 192 valence electrons. The Morgan fingerprint density at radius 3 is 2.84 bits per heavy atom. The van der Waals surface area contributed by atoms with E-state index in [1.165, 1.54) is 11.8 Å². The lowest BCUT2D eigenvalue weighted by Gasteiger charge is -2.14. The number of carbonyl (C=O) groups is 2. The Labute approximate surface area is 233 Å². The zero-order valence-electron chi connectivity index (χ0n) is 20.2. The van der Waals surface area contributed by atoms with Crippen LogP contribution in [0.3, 0.4) is 0 Å². The molecule has 2 amide bonds. The topological polar surface area (TPSA) is 72.8 Å². The first kappa shape index (κ1) is 26.0. The summed E-state index contributed by atoms with van der Waals surface area (Å²) in [5.74, 6) is 0.556. The fourth-order valence-corrected chi connectivity index (χ4v) is 6.08. The van der Waals surface area contributed by atoms with Gasteiger partial charge in [-0.2, -0.15) is 0 Å². The van der Waals surface area contributed by atoms with Gasteiger partial charge in [-0.3, -0.25) is 14.5 Å². The number of thiocarbonyl (C=S) groups is 1. The Morgan fingerprint density at radius 1 is 1.30 bits per heavy atom. The second kappa shape index (κ2) is 11.4. The van der Waals surface area contributed by atoms with Crippen molar-refractivity contribution >= 4 is 73.0 Å². The summed E-state index contributed by atoms with van der Waals surface area (Å²) in [5.41, 5.74) is 2.73. The highest BCUT2D eigenvalue weighted by Crippen LogP contribution is 2.36. The molecule has 0 bridgehead atoms. The zero-order valence-corrected chi connectivity index (χ0v) is 23.5. The number of rotatable bonds is 8. The van der Waals surface area contributed by atoms with Gasteiger partial charge in [0.05, 0.1) is 24.7 Å². The molecule has 7 nitrogen and oxygen atoms in total. The molecule has 0 spiro atoms. The van der Waals surface area contributed by atoms with E-state index in [9.17, 15) is 9.59 Å². The molecule has 2 saturated heterocycles. The van der Waals surface area contributed by atoms with Gasteiger partial charge in [0.15, 0.2) is 0 Å². The number of nitrogens with one attached hydrogen (secondary N) is 1. The highest BCUT2D eigenvalue weighted by molar-refractivity contribution is 9.10. The van der Waals surface area contributed by atoms with Crippen molar-refractivity contribution in [3.8, 4) is 5.75 Å². The van der Waals surface area contributed by atoms with Crippen LogP contribution in [0.4, 0.5) is 0 Å². The molecular weight excluding hydrogens is 574 g/mol. The van der Waals surface area contributed by atoms with E-state index in [0.717, 1.165) is 51.7 Å². The van der Waals surface area contributed by atoms with Crippen LogP contribution in [0.5, 0.6) is 5.75 Å². The van der Waals surface area contributed by atoms with E-state index in [4.69, 9.17) is 21.7 Å². The molecule has 10 heteroatoms. The molecule has 1 atom stereocenters. The number of aromatic nitrogens is 1. The average molecular weight is 601 g/mol. The summed E-state index contributed by atoms with van der Waals surface area (Å²) in [6, 6.07) is 13.5. The van der Waals surface area contributed by atoms with Crippen molar-refractivity contribution < 1.29 is 19.1 Å². The van der Waals surface area contributed by atoms with Crippen molar-refractivity contribution in [1.82, 2.24) is 14.8 Å². The SMILES string of the molecule is COc1ccc(CN2C(=O)/C(=C/c3cn(CC(=O)NC[C@@H]4CCCO4)c4ccc(Br)cc34)SC2=S)cc1. The van der Waals surface area contributed by atoms with Crippen molar-refractivity contribution in [3.05, 3.63) is 69.2 Å². The highest BCUT2D eigenvalue weighted by atomic mass is 79.9. The Bertz CT molecular complexity index is 1380. The molecule has 1 N–H and O–H groups in total. The Balaban J connectivity index is 1.36. The van der Waals surface area contributed by atoms with Crippen molar-refractivity contribution in [3.63, 3.8) is 0 Å². The molecule has 2 fully saturated rings. The number of methoxy groups -OCH3 is 1. The molecule has 3 aromatic rings. The molecule has 5 rings (SSSR count). The summed E-state index contributed by atoms with van der Waals surface area (Å²) >= 11 is 10.4. The van der Waals surface area contributed by atoms with Gasteiger partial charge in [-0.15, -0.1) is 0 Å². The number of fused-ring (bicyclic) bond motifs is 1. The molecule has 0 radical (unpaired) electrons. The van der Waals surface area contributed by atoms with Crippen LogP contribution in [0.25, 0.3) is 17.0 Å². The number of ether oxygens (including phenoxy) is 2. The van der Waals surface area contributed by atoms with Crippen LogP contribution < -0.4 is 10.1 Å². The zero-order chi connectivity index (χ0) is 25.9. The number of thioether (sulfide) groups is 1. The Morgan fingerprint density at radius 2 is 2.11 bits per heavy atom. The molecule has 2 aliphatic rings. The van der Waals surface area contributed by atoms with Gasteiger partial charge in [0.2, 0.25) is 5.91 Å². The predicted octanol–water partition coefficient (Wildman–Crippen LogP) is 5.11. The number of carbonyl (C=O) groups excluding carboxylic acids is 2. The molecule has 0 unspecified atom stereocenters. The summed E-state index contributed by atoms with van der Waals surface area (Å²) in [6.45, 7) is 1.85. The molecule has 1 aromatic heterocycles. The monoisotopic (exact) mass is 599 g/mol. The van der Waals surface area contributed by atoms with Crippen LogP contribution >= 0.6 is 39.9 Å². The first-order valence-electron chi connectivity index (χ1n) is 12.0. The highest BCUT2D eigenvalue weighted by Gasteiger charge is 2.32. The Kier molecular flexibility index (Phi) is 7.99. The number of nitrogens with zero attached hydrogens (tertiary/aromatic N) is 2. The lowest BCUT2D eigenvalue weighted by molar-refractivity contribution is -0.123. The maximum absolute atomic E-state index is 13.3. The van der Waals surface area contributed by atoms with Crippen LogP contribution in [-0.2, 0) is 27.4 Å². The molecule has 0 aliphatic carbocycles. The van der Waals surface area contributed by atoms with Gasteiger partial charge >= 0.3 is 0 Å². The third-order valence-electron chi connectivity index (χ3n) is 6.40. The first-order valence-corrected chi connectivity index (χ1v) is 14.0. The molecule has 2 aliphatic heterocycles. The van der Waals surface area contributed by atoms with Crippen LogP contribution in [0.15, 0.2) is 58.0 Å². The van der Waals surface area contributed by atoms with Gasteiger partial charge in [-0.25, -0.2) is 0 Å². The largest absolute Gasteiger partial charge is 0.497 e. The molecular formula is C27H26BrN3O4S2. The lowest BCUT2D eigenvalue weighted by Crippen LogP contribution is -2.34.